The van der Waals surface area contributed by atoms with E-state index in [1.807, 2.05) is 20.2 Å². The fourth-order valence-corrected chi connectivity index (χ4v) is 5.45. The quantitative estimate of drug-likeness (QED) is 0.490. The van der Waals surface area contributed by atoms with Crippen LogP contribution in [0.1, 0.15) is 11.6 Å². The van der Waals surface area contributed by atoms with Gasteiger partial charge in [-0.25, -0.2) is 13.1 Å². The number of sulfonamides is 1. The number of methoxy groups -OCH3 is 1. The molecule has 4 rings (SSSR count). The largest absolute Gasteiger partial charge is 0.497 e. The zero-order chi connectivity index (χ0) is 24.8. The van der Waals surface area contributed by atoms with E-state index in [9.17, 15) is 8.42 Å². The van der Waals surface area contributed by atoms with Crippen LogP contribution in [0.5, 0.6) is 5.75 Å². The Balaban J connectivity index is 1.51. The molecule has 0 spiro atoms. The Morgan fingerprint density at radius 3 is 2.09 bits per heavy atom. The lowest BCUT2D eigenvalue weighted by Gasteiger charge is -2.40. The third kappa shape index (κ3) is 6.14. The van der Waals surface area contributed by atoms with Gasteiger partial charge in [0.2, 0.25) is 10.0 Å². The molecule has 8 heteroatoms. The molecule has 1 fully saturated rings. The summed E-state index contributed by atoms with van der Waals surface area (Å²) in [5.41, 5.74) is 3.43. The zero-order valence-corrected chi connectivity index (χ0v) is 21.4. The van der Waals surface area contributed by atoms with E-state index < -0.39 is 10.0 Å². The van der Waals surface area contributed by atoms with Crippen molar-refractivity contribution >= 4 is 21.4 Å². The van der Waals surface area contributed by atoms with E-state index in [-0.39, 0.29) is 10.9 Å². The molecule has 1 saturated heterocycles. The molecule has 0 radical (unpaired) electrons. The maximum absolute atomic E-state index is 13.0. The van der Waals surface area contributed by atoms with E-state index in [1.165, 1.54) is 5.69 Å². The van der Waals surface area contributed by atoms with Crippen molar-refractivity contribution in [3.05, 3.63) is 84.4 Å². The lowest BCUT2D eigenvalue weighted by atomic mass is 10.0. The van der Waals surface area contributed by atoms with Crippen LogP contribution in [0, 0.1) is 0 Å². The molecule has 0 bridgehead atoms. The maximum Gasteiger partial charge on any atom is 0.240 e. The van der Waals surface area contributed by atoms with Crippen LogP contribution < -0.4 is 19.3 Å². The third-order valence-corrected chi connectivity index (χ3v) is 7.95. The van der Waals surface area contributed by atoms with Crippen LogP contribution in [0.4, 0.5) is 11.4 Å². The average molecular weight is 495 g/mol. The Labute approximate surface area is 209 Å². The zero-order valence-electron chi connectivity index (χ0n) is 20.6. The monoisotopic (exact) mass is 494 g/mol. The molecule has 1 aliphatic rings. The first-order chi connectivity index (χ1) is 16.9. The van der Waals surface area contributed by atoms with Gasteiger partial charge in [0, 0.05) is 64.2 Å². The Hall–Kier alpha value is -3.07. The van der Waals surface area contributed by atoms with Crippen molar-refractivity contribution in [1.82, 2.24) is 9.62 Å². The van der Waals surface area contributed by atoms with Gasteiger partial charge in [-0.1, -0.05) is 30.3 Å². The summed E-state index contributed by atoms with van der Waals surface area (Å²) in [7, 11) is 1.93. The van der Waals surface area contributed by atoms with Crippen molar-refractivity contribution in [3.8, 4) is 5.75 Å². The predicted octanol–water partition coefficient (Wildman–Crippen LogP) is 3.60. The highest BCUT2D eigenvalue weighted by molar-refractivity contribution is 7.89. The molecule has 0 amide bonds. The number of para-hydroxylation sites is 1. The summed E-state index contributed by atoms with van der Waals surface area (Å²) in [6, 6.07) is 25.2. The molecule has 1 N–H and O–H groups in total. The van der Waals surface area contributed by atoms with Crippen molar-refractivity contribution in [3.63, 3.8) is 0 Å². The molecule has 35 heavy (non-hydrogen) atoms. The standard InChI is InChI=1S/C27H34N4O3S/c1-29(2)23-11-9-22(10-12-23)27(21-28-35(32,33)26-15-13-25(34-3)14-16-26)31-19-17-30(18-20-31)24-7-5-4-6-8-24/h4-16,27-28H,17-21H2,1-3H3. The molecular formula is C27H34N4O3S. The van der Waals surface area contributed by atoms with E-state index in [4.69, 9.17) is 4.74 Å². The number of anilines is 2. The molecule has 1 atom stereocenters. The lowest BCUT2D eigenvalue weighted by Crippen LogP contribution is -2.49. The highest BCUT2D eigenvalue weighted by Gasteiger charge is 2.27. The van der Waals surface area contributed by atoms with E-state index in [2.05, 4.69) is 68.0 Å². The molecule has 7 nitrogen and oxygen atoms in total. The topological polar surface area (TPSA) is 65.1 Å². The molecule has 186 valence electrons. The van der Waals surface area contributed by atoms with E-state index in [0.29, 0.717) is 12.3 Å². The first kappa shape index (κ1) is 25.0. The van der Waals surface area contributed by atoms with E-state index in [1.54, 1.807) is 31.4 Å². The van der Waals surface area contributed by atoms with Crippen LogP contribution in [-0.4, -0.2) is 67.2 Å². The van der Waals surface area contributed by atoms with Gasteiger partial charge in [0.25, 0.3) is 0 Å². The van der Waals surface area contributed by atoms with E-state index in [0.717, 1.165) is 37.4 Å². The number of hydrogen-bond acceptors (Lipinski definition) is 6. The Morgan fingerprint density at radius 1 is 0.886 bits per heavy atom. The van der Waals surface area contributed by atoms with Gasteiger partial charge in [-0.15, -0.1) is 0 Å². The van der Waals surface area contributed by atoms with Gasteiger partial charge in [-0.2, -0.15) is 0 Å². The number of nitrogens with one attached hydrogen (secondary N) is 1. The van der Waals surface area contributed by atoms with Crippen molar-refractivity contribution in [2.75, 3.05) is 63.7 Å². The molecule has 1 aliphatic heterocycles. The van der Waals surface area contributed by atoms with Crippen LogP contribution in [0.15, 0.2) is 83.8 Å². The number of rotatable bonds is 9. The van der Waals surface area contributed by atoms with E-state index >= 15 is 0 Å². The number of benzene rings is 3. The first-order valence-electron chi connectivity index (χ1n) is 11.8. The summed E-state index contributed by atoms with van der Waals surface area (Å²) < 4.78 is 34.1. The second-order valence-corrected chi connectivity index (χ2v) is 10.7. The predicted molar refractivity (Wildman–Crippen MR) is 142 cm³/mol. The summed E-state index contributed by atoms with van der Waals surface area (Å²) in [4.78, 5) is 7.04. The molecular weight excluding hydrogens is 460 g/mol. The third-order valence-electron chi connectivity index (χ3n) is 6.51. The Bertz CT molecular complexity index is 1180. The summed E-state index contributed by atoms with van der Waals surface area (Å²) in [6.07, 6.45) is 0. The molecule has 3 aromatic carbocycles. The van der Waals surface area contributed by atoms with Gasteiger partial charge < -0.3 is 14.5 Å². The SMILES string of the molecule is COc1ccc(S(=O)(=O)NCC(c2ccc(N(C)C)cc2)N2CCN(c3ccccc3)CC2)cc1. The highest BCUT2D eigenvalue weighted by Crippen LogP contribution is 2.26. The molecule has 0 aliphatic carbocycles. The van der Waals surface area contributed by atoms with Crippen molar-refractivity contribution in [2.24, 2.45) is 0 Å². The fraction of sp³-hybridized carbons (Fsp3) is 0.333. The minimum atomic E-state index is -3.65. The normalized spacial score (nSPS) is 15.6. The fourth-order valence-electron chi connectivity index (χ4n) is 4.41. The van der Waals surface area contributed by atoms with Crippen molar-refractivity contribution < 1.29 is 13.2 Å². The molecule has 3 aromatic rings. The number of hydrogen-bond donors (Lipinski definition) is 1. The van der Waals surface area contributed by atoms with Crippen LogP contribution in [0.25, 0.3) is 0 Å². The van der Waals surface area contributed by atoms with Gasteiger partial charge in [-0.05, 0) is 54.1 Å². The van der Waals surface area contributed by atoms with Crippen LogP contribution in [0.2, 0.25) is 0 Å². The molecule has 0 aromatic heterocycles. The average Bonchev–Trinajstić information content (AvgIpc) is 2.90. The maximum atomic E-state index is 13.0. The minimum absolute atomic E-state index is 0.0721. The summed E-state index contributed by atoms with van der Waals surface area (Å²) in [6.45, 7) is 3.77. The smallest absolute Gasteiger partial charge is 0.240 e. The second-order valence-electron chi connectivity index (χ2n) is 8.89. The van der Waals surface area contributed by atoms with Crippen LogP contribution in [0.3, 0.4) is 0 Å². The molecule has 1 unspecified atom stereocenters. The summed E-state index contributed by atoms with van der Waals surface area (Å²) >= 11 is 0. The van der Waals surface area contributed by atoms with Crippen LogP contribution >= 0.6 is 0 Å². The minimum Gasteiger partial charge on any atom is -0.497 e. The van der Waals surface area contributed by atoms with Gasteiger partial charge in [0.15, 0.2) is 0 Å². The van der Waals surface area contributed by atoms with Gasteiger partial charge in [0.05, 0.1) is 12.0 Å². The highest BCUT2D eigenvalue weighted by atomic mass is 32.2. The van der Waals surface area contributed by atoms with Crippen molar-refractivity contribution in [2.45, 2.75) is 10.9 Å². The first-order valence-corrected chi connectivity index (χ1v) is 13.3. The second kappa shape index (κ2) is 11.1. The Morgan fingerprint density at radius 2 is 1.51 bits per heavy atom. The van der Waals surface area contributed by atoms with Gasteiger partial charge >= 0.3 is 0 Å². The number of nitrogens with zero attached hydrogens (tertiary/aromatic N) is 3. The van der Waals surface area contributed by atoms with Crippen molar-refractivity contribution in [1.29, 1.82) is 0 Å². The molecule has 0 saturated carbocycles. The number of piperazine rings is 1. The molecule has 1 heterocycles. The number of ether oxygens (including phenoxy) is 1. The van der Waals surface area contributed by atoms with Crippen LogP contribution in [-0.2, 0) is 10.0 Å². The van der Waals surface area contributed by atoms with Gasteiger partial charge in [0.1, 0.15) is 5.75 Å². The lowest BCUT2D eigenvalue weighted by molar-refractivity contribution is 0.187. The van der Waals surface area contributed by atoms with Gasteiger partial charge in [-0.3, -0.25) is 4.90 Å². The summed E-state index contributed by atoms with van der Waals surface area (Å²) in [5.74, 6) is 0.624. The Kier molecular flexibility index (Phi) is 7.95. The summed E-state index contributed by atoms with van der Waals surface area (Å²) in [5, 5.41) is 0.